The van der Waals surface area contributed by atoms with Gasteiger partial charge in [-0.05, 0) is 80.6 Å². The lowest BCUT2D eigenvalue weighted by Gasteiger charge is -2.27. The fourth-order valence-corrected chi connectivity index (χ4v) is 3.64. The molecular formula is C25H28N4O2. The van der Waals surface area contributed by atoms with Gasteiger partial charge in [-0.15, -0.1) is 10.2 Å². The highest BCUT2D eigenvalue weighted by Gasteiger charge is 2.13. The maximum Gasteiger partial charge on any atom is 0.262 e. The minimum absolute atomic E-state index is 0.0340. The molecule has 6 heteroatoms. The summed E-state index contributed by atoms with van der Waals surface area (Å²) >= 11 is 0. The van der Waals surface area contributed by atoms with Crippen LogP contribution in [0.2, 0.25) is 0 Å². The molecule has 1 aliphatic heterocycles. The number of carbonyl (C=O) groups is 1. The second-order valence-electron chi connectivity index (χ2n) is 7.98. The van der Waals surface area contributed by atoms with Gasteiger partial charge in [0.05, 0.1) is 5.69 Å². The lowest BCUT2D eigenvalue weighted by Crippen LogP contribution is -2.30. The normalized spacial score (nSPS) is 13.7. The number of hydrogen-bond acceptors (Lipinski definition) is 5. The molecule has 0 radical (unpaired) electrons. The molecule has 0 saturated carbocycles. The van der Waals surface area contributed by atoms with Crippen molar-refractivity contribution in [2.24, 2.45) is 0 Å². The van der Waals surface area contributed by atoms with Gasteiger partial charge in [0.25, 0.3) is 5.91 Å². The van der Waals surface area contributed by atoms with Crippen molar-refractivity contribution in [3.63, 3.8) is 0 Å². The van der Waals surface area contributed by atoms with E-state index in [1.807, 2.05) is 68.4 Å². The molecule has 160 valence electrons. The van der Waals surface area contributed by atoms with E-state index in [0.717, 1.165) is 41.4 Å². The summed E-state index contributed by atoms with van der Waals surface area (Å²) in [5, 5.41) is 11.7. The van der Waals surface area contributed by atoms with E-state index in [-0.39, 0.29) is 12.5 Å². The predicted molar refractivity (Wildman–Crippen MR) is 124 cm³/mol. The summed E-state index contributed by atoms with van der Waals surface area (Å²) in [6.07, 6.45) is 3.72. The molecule has 1 aliphatic rings. The first-order chi connectivity index (χ1) is 15.1. The number of piperidine rings is 1. The maximum absolute atomic E-state index is 12.2. The molecule has 3 aromatic rings. The number of nitrogens with zero attached hydrogens (tertiary/aromatic N) is 3. The average Bonchev–Trinajstić information content (AvgIpc) is 2.81. The van der Waals surface area contributed by atoms with Gasteiger partial charge in [0.15, 0.2) is 12.4 Å². The fraction of sp³-hybridized carbons (Fsp3) is 0.320. The van der Waals surface area contributed by atoms with Crippen molar-refractivity contribution >= 4 is 17.4 Å². The molecule has 4 rings (SSSR count). The number of hydrogen-bond donors (Lipinski definition) is 1. The molecule has 0 aliphatic carbocycles. The molecule has 1 aromatic heterocycles. The molecule has 1 fully saturated rings. The number of nitrogens with one attached hydrogen (secondary N) is 1. The third kappa shape index (κ3) is 5.40. The number of amides is 1. The number of carbonyl (C=O) groups excluding carboxylic acids is 1. The number of benzene rings is 2. The van der Waals surface area contributed by atoms with Crippen LogP contribution in [-0.2, 0) is 4.79 Å². The molecule has 0 bridgehead atoms. The Hall–Kier alpha value is -3.41. The van der Waals surface area contributed by atoms with Gasteiger partial charge >= 0.3 is 0 Å². The van der Waals surface area contributed by atoms with Crippen LogP contribution in [0.3, 0.4) is 0 Å². The van der Waals surface area contributed by atoms with Crippen molar-refractivity contribution in [3.05, 3.63) is 65.7 Å². The minimum atomic E-state index is -0.198. The Morgan fingerprint density at radius 1 is 0.935 bits per heavy atom. The molecule has 2 heterocycles. The largest absolute Gasteiger partial charge is 0.484 e. The van der Waals surface area contributed by atoms with Gasteiger partial charge < -0.3 is 15.0 Å². The smallest absolute Gasteiger partial charge is 0.262 e. The summed E-state index contributed by atoms with van der Waals surface area (Å²) in [6, 6.07) is 17.4. The van der Waals surface area contributed by atoms with E-state index < -0.39 is 0 Å². The fourth-order valence-electron chi connectivity index (χ4n) is 3.64. The van der Waals surface area contributed by atoms with Crippen molar-refractivity contribution in [2.75, 3.05) is 29.9 Å². The Morgan fingerprint density at radius 2 is 1.71 bits per heavy atom. The van der Waals surface area contributed by atoms with Crippen LogP contribution in [0.15, 0.2) is 54.6 Å². The third-order valence-corrected chi connectivity index (χ3v) is 5.64. The van der Waals surface area contributed by atoms with Gasteiger partial charge in [0, 0.05) is 24.3 Å². The van der Waals surface area contributed by atoms with E-state index in [0.29, 0.717) is 5.75 Å². The average molecular weight is 417 g/mol. The minimum Gasteiger partial charge on any atom is -0.484 e. The van der Waals surface area contributed by atoms with E-state index in [2.05, 4.69) is 20.4 Å². The van der Waals surface area contributed by atoms with Crippen LogP contribution >= 0.6 is 0 Å². The van der Waals surface area contributed by atoms with Gasteiger partial charge in [-0.1, -0.05) is 18.2 Å². The van der Waals surface area contributed by atoms with Gasteiger partial charge in [0.2, 0.25) is 0 Å². The number of aromatic nitrogens is 2. The third-order valence-electron chi connectivity index (χ3n) is 5.64. The maximum atomic E-state index is 12.2. The first-order valence-corrected chi connectivity index (χ1v) is 10.8. The highest BCUT2D eigenvalue weighted by Crippen LogP contribution is 2.22. The lowest BCUT2D eigenvalue weighted by molar-refractivity contribution is -0.118. The number of ether oxygens (including phenoxy) is 1. The molecule has 0 unspecified atom stereocenters. The number of aryl methyl sites for hydroxylation is 2. The van der Waals surface area contributed by atoms with Crippen LogP contribution in [-0.4, -0.2) is 35.8 Å². The zero-order chi connectivity index (χ0) is 21.6. The van der Waals surface area contributed by atoms with Crippen molar-refractivity contribution in [3.8, 4) is 17.0 Å². The summed E-state index contributed by atoms with van der Waals surface area (Å²) in [5.41, 5.74) is 4.83. The highest BCUT2D eigenvalue weighted by molar-refractivity contribution is 5.92. The SMILES string of the molecule is Cc1ccc(OCC(=O)Nc2ccc(-c3ccc(N4CCCCC4)nn3)cc2)cc1C. The number of rotatable bonds is 6. The summed E-state index contributed by atoms with van der Waals surface area (Å²) in [7, 11) is 0. The summed E-state index contributed by atoms with van der Waals surface area (Å²) < 4.78 is 5.60. The Balaban J connectivity index is 1.32. The number of anilines is 2. The van der Waals surface area contributed by atoms with E-state index in [9.17, 15) is 4.79 Å². The zero-order valence-electron chi connectivity index (χ0n) is 18.1. The van der Waals surface area contributed by atoms with Crippen LogP contribution in [0.25, 0.3) is 11.3 Å². The molecular weight excluding hydrogens is 388 g/mol. The Kier molecular flexibility index (Phi) is 6.46. The molecule has 1 amide bonds. The van der Waals surface area contributed by atoms with Crippen molar-refractivity contribution in [1.29, 1.82) is 0 Å². The van der Waals surface area contributed by atoms with Crippen molar-refractivity contribution in [2.45, 2.75) is 33.1 Å². The Bertz CT molecular complexity index is 1030. The van der Waals surface area contributed by atoms with Crippen LogP contribution in [0, 0.1) is 13.8 Å². The predicted octanol–water partition coefficient (Wildman–Crippen LogP) is 4.77. The summed E-state index contributed by atoms with van der Waals surface area (Å²) in [5.74, 6) is 1.44. The monoisotopic (exact) mass is 416 g/mol. The molecule has 0 atom stereocenters. The van der Waals surface area contributed by atoms with Crippen LogP contribution in [0.5, 0.6) is 5.75 Å². The molecule has 1 saturated heterocycles. The summed E-state index contributed by atoms with van der Waals surface area (Å²) in [6.45, 7) is 6.14. The quantitative estimate of drug-likeness (QED) is 0.627. The van der Waals surface area contributed by atoms with Gasteiger partial charge in [-0.3, -0.25) is 4.79 Å². The first-order valence-electron chi connectivity index (χ1n) is 10.8. The standard InChI is InChI=1S/C25H28N4O2/c1-18-6-11-22(16-19(18)2)31-17-25(30)26-21-9-7-20(8-10-21)23-12-13-24(28-27-23)29-14-4-3-5-15-29/h6-13,16H,3-5,14-15,17H2,1-2H3,(H,26,30). The molecule has 6 nitrogen and oxygen atoms in total. The first kappa shape index (κ1) is 20.8. The van der Waals surface area contributed by atoms with Gasteiger partial charge in [-0.25, -0.2) is 0 Å². The Morgan fingerprint density at radius 3 is 2.39 bits per heavy atom. The van der Waals surface area contributed by atoms with Gasteiger partial charge in [-0.2, -0.15) is 0 Å². The molecule has 2 aromatic carbocycles. The van der Waals surface area contributed by atoms with E-state index in [1.165, 1.54) is 24.8 Å². The molecule has 31 heavy (non-hydrogen) atoms. The van der Waals surface area contributed by atoms with Crippen molar-refractivity contribution < 1.29 is 9.53 Å². The van der Waals surface area contributed by atoms with Crippen LogP contribution in [0.1, 0.15) is 30.4 Å². The van der Waals surface area contributed by atoms with E-state index >= 15 is 0 Å². The van der Waals surface area contributed by atoms with E-state index in [4.69, 9.17) is 4.74 Å². The topological polar surface area (TPSA) is 67.3 Å². The van der Waals surface area contributed by atoms with E-state index in [1.54, 1.807) is 0 Å². The van der Waals surface area contributed by atoms with Crippen LogP contribution < -0.4 is 15.0 Å². The van der Waals surface area contributed by atoms with Crippen LogP contribution in [0.4, 0.5) is 11.5 Å². The second kappa shape index (κ2) is 9.60. The molecule has 0 spiro atoms. The molecule has 1 N–H and O–H groups in total. The van der Waals surface area contributed by atoms with Crippen molar-refractivity contribution in [1.82, 2.24) is 10.2 Å². The summed E-state index contributed by atoms with van der Waals surface area (Å²) in [4.78, 5) is 14.5. The van der Waals surface area contributed by atoms with Gasteiger partial charge in [0.1, 0.15) is 5.75 Å². The lowest BCUT2D eigenvalue weighted by atomic mass is 10.1. The highest BCUT2D eigenvalue weighted by atomic mass is 16.5. The second-order valence-corrected chi connectivity index (χ2v) is 7.98. The Labute approximate surface area is 183 Å². The zero-order valence-corrected chi connectivity index (χ0v) is 18.1.